The molecule has 1 aliphatic heterocycles. The van der Waals surface area contributed by atoms with Gasteiger partial charge in [-0.25, -0.2) is 9.38 Å². The third kappa shape index (κ3) is 7.45. The Hall–Kier alpha value is -2.49. The van der Waals surface area contributed by atoms with Gasteiger partial charge in [-0.3, -0.25) is 9.69 Å². The molecule has 1 aromatic rings. The van der Waals surface area contributed by atoms with Crippen molar-refractivity contribution in [2.45, 2.75) is 39.0 Å². The van der Waals surface area contributed by atoms with Crippen LogP contribution in [-0.4, -0.2) is 62.6 Å². The minimum absolute atomic E-state index is 0.0157. The van der Waals surface area contributed by atoms with Gasteiger partial charge in [0.15, 0.2) is 5.96 Å². The second kappa shape index (κ2) is 11.5. The van der Waals surface area contributed by atoms with Crippen LogP contribution in [-0.2, 0) is 11.3 Å². The number of likely N-dealkylation sites (tertiary alicyclic amines) is 1. The van der Waals surface area contributed by atoms with Gasteiger partial charge < -0.3 is 20.7 Å². The zero-order chi connectivity index (χ0) is 21.2. The molecule has 1 fully saturated rings. The minimum Gasteiger partial charge on any atom is -0.434 e. The fourth-order valence-corrected chi connectivity index (χ4v) is 3.09. The number of carbonyl (C=O) groups excluding carboxylic acids is 1. The molecule has 0 unspecified atom stereocenters. The van der Waals surface area contributed by atoms with E-state index in [0.29, 0.717) is 19.0 Å². The zero-order valence-electron chi connectivity index (χ0n) is 16.7. The SMILES string of the molecule is CCNC(=NCc1c(F)cccc1OC(F)F)NC1CCN(CC(=O)NC)CC1. The Kier molecular flexibility index (Phi) is 9.04. The van der Waals surface area contributed by atoms with E-state index >= 15 is 0 Å². The number of hydrogen-bond donors (Lipinski definition) is 3. The van der Waals surface area contributed by atoms with Gasteiger partial charge in [0.1, 0.15) is 11.6 Å². The van der Waals surface area contributed by atoms with Crippen molar-refractivity contribution in [3.8, 4) is 5.75 Å². The first-order valence-corrected chi connectivity index (χ1v) is 9.62. The third-order valence-electron chi connectivity index (χ3n) is 4.61. The molecule has 1 saturated heterocycles. The van der Waals surface area contributed by atoms with Gasteiger partial charge in [-0.2, -0.15) is 8.78 Å². The summed E-state index contributed by atoms with van der Waals surface area (Å²) in [6, 6.07) is 3.94. The van der Waals surface area contributed by atoms with E-state index in [9.17, 15) is 18.0 Å². The Morgan fingerprint density at radius 3 is 2.69 bits per heavy atom. The maximum absolute atomic E-state index is 14.1. The Labute approximate surface area is 168 Å². The molecular weight excluding hydrogens is 387 g/mol. The van der Waals surface area contributed by atoms with Crippen molar-refractivity contribution in [1.82, 2.24) is 20.9 Å². The number of amides is 1. The van der Waals surface area contributed by atoms with E-state index in [2.05, 4.69) is 30.6 Å². The molecule has 3 N–H and O–H groups in total. The van der Waals surface area contributed by atoms with Gasteiger partial charge in [-0.05, 0) is 31.9 Å². The molecule has 1 aliphatic rings. The molecule has 0 atom stereocenters. The Morgan fingerprint density at radius 2 is 2.07 bits per heavy atom. The highest BCUT2D eigenvalue weighted by Gasteiger charge is 2.21. The predicted molar refractivity (Wildman–Crippen MR) is 105 cm³/mol. The number of likely N-dealkylation sites (N-methyl/N-ethyl adjacent to an activating group) is 1. The van der Waals surface area contributed by atoms with Crippen LogP contribution < -0.4 is 20.7 Å². The summed E-state index contributed by atoms with van der Waals surface area (Å²) in [6.07, 6.45) is 1.64. The monoisotopic (exact) mass is 415 g/mol. The standard InChI is InChI=1S/C19H28F3N5O2/c1-3-24-19(26-13-7-9-27(10-8-13)12-17(28)23-2)25-11-14-15(20)5-4-6-16(14)29-18(21)22/h4-6,13,18H,3,7-12H2,1-2H3,(H,23,28)(H2,24,25,26). The van der Waals surface area contributed by atoms with Gasteiger partial charge in [0, 0.05) is 32.7 Å². The lowest BCUT2D eigenvalue weighted by Gasteiger charge is -2.32. The summed E-state index contributed by atoms with van der Waals surface area (Å²) in [6.45, 7) is 1.23. The fourth-order valence-electron chi connectivity index (χ4n) is 3.09. The van der Waals surface area contributed by atoms with Crippen LogP contribution in [0.3, 0.4) is 0 Å². The van der Waals surface area contributed by atoms with Crippen LogP contribution in [0.2, 0.25) is 0 Å². The van der Waals surface area contributed by atoms with Crippen molar-refractivity contribution in [2.75, 3.05) is 33.2 Å². The highest BCUT2D eigenvalue weighted by atomic mass is 19.3. The number of carbonyl (C=O) groups is 1. The Bertz CT molecular complexity index is 694. The number of piperidine rings is 1. The number of benzene rings is 1. The van der Waals surface area contributed by atoms with Gasteiger partial charge in [-0.1, -0.05) is 6.07 Å². The third-order valence-corrected chi connectivity index (χ3v) is 4.61. The number of hydrogen-bond acceptors (Lipinski definition) is 4. The summed E-state index contributed by atoms with van der Waals surface area (Å²) in [4.78, 5) is 17.9. The van der Waals surface area contributed by atoms with Crippen LogP contribution in [0.4, 0.5) is 13.2 Å². The molecule has 162 valence electrons. The summed E-state index contributed by atoms with van der Waals surface area (Å²) in [5.41, 5.74) is -0.0228. The molecule has 29 heavy (non-hydrogen) atoms. The molecule has 0 aliphatic carbocycles. The first-order chi connectivity index (χ1) is 13.9. The summed E-state index contributed by atoms with van der Waals surface area (Å²) in [5.74, 6) is -0.408. The average molecular weight is 415 g/mol. The van der Waals surface area contributed by atoms with Crippen molar-refractivity contribution in [2.24, 2.45) is 4.99 Å². The number of nitrogens with one attached hydrogen (secondary N) is 3. The molecule has 1 heterocycles. The molecule has 0 aromatic heterocycles. The number of nitrogens with zero attached hydrogens (tertiary/aromatic N) is 2. The van der Waals surface area contributed by atoms with Gasteiger partial charge in [-0.15, -0.1) is 0 Å². The number of aliphatic imine (C=N–C) groups is 1. The number of halogens is 3. The number of ether oxygens (including phenoxy) is 1. The summed E-state index contributed by atoms with van der Waals surface area (Å²) >= 11 is 0. The predicted octanol–water partition coefficient (Wildman–Crippen LogP) is 1.69. The highest BCUT2D eigenvalue weighted by Crippen LogP contribution is 2.24. The Balaban J connectivity index is 1.98. The van der Waals surface area contributed by atoms with E-state index in [-0.39, 0.29) is 29.8 Å². The number of guanidine groups is 1. The lowest BCUT2D eigenvalue weighted by atomic mass is 10.1. The molecule has 2 rings (SSSR count). The first-order valence-electron chi connectivity index (χ1n) is 9.62. The summed E-state index contributed by atoms with van der Waals surface area (Å²) in [7, 11) is 1.61. The summed E-state index contributed by atoms with van der Waals surface area (Å²) in [5, 5.41) is 8.99. The lowest BCUT2D eigenvalue weighted by molar-refractivity contribution is -0.122. The second-order valence-corrected chi connectivity index (χ2v) is 6.66. The van der Waals surface area contributed by atoms with Crippen LogP contribution in [0.15, 0.2) is 23.2 Å². The molecular formula is C19H28F3N5O2. The van der Waals surface area contributed by atoms with Crippen LogP contribution in [0.5, 0.6) is 5.75 Å². The maximum Gasteiger partial charge on any atom is 0.387 e. The molecule has 10 heteroatoms. The molecule has 1 aromatic carbocycles. The lowest BCUT2D eigenvalue weighted by Crippen LogP contribution is -2.50. The molecule has 1 amide bonds. The molecule has 0 radical (unpaired) electrons. The normalized spacial score (nSPS) is 16.0. The Morgan fingerprint density at radius 1 is 1.34 bits per heavy atom. The topological polar surface area (TPSA) is 78.0 Å². The second-order valence-electron chi connectivity index (χ2n) is 6.66. The van der Waals surface area contributed by atoms with Crippen molar-refractivity contribution in [3.63, 3.8) is 0 Å². The summed E-state index contributed by atoms with van der Waals surface area (Å²) < 4.78 is 43.6. The molecule has 0 saturated carbocycles. The smallest absolute Gasteiger partial charge is 0.387 e. The van der Waals surface area contributed by atoms with Gasteiger partial charge in [0.05, 0.1) is 18.7 Å². The van der Waals surface area contributed by atoms with Crippen molar-refractivity contribution >= 4 is 11.9 Å². The van der Waals surface area contributed by atoms with Crippen molar-refractivity contribution in [1.29, 1.82) is 0 Å². The van der Waals surface area contributed by atoms with E-state index in [0.717, 1.165) is 25.9 Å². The quantitative estimate of drug-likeness (QED) is 0.445. The average Bonchev–Trinajstić information content (AvgIpc) is 2.68. The van der Waals surface area contributed by atoms with E-state index in [1.807, 2.05) is 6.92 Å². The van der Waals surface area contributed by atoms with Crippen LogP contribution >= 0.6 is 0 Å². The number of rotatable bonds is 8. The van der Waals surface area contributed by atoms with Crippen LogP contribution in [0, 0.1) is 5.82 Å². The molecule has 0 spiro atoms. The van der Waals surface area contributed by atoms with Crippen molar-refractivity contribution < 1.29 is 22.7 Å². The zero-order valence-corrected chi connectivity index (χ0v) is 16.7. The number of alkyl halides is 2. The maximum atomic E-state index is 14.1. The highest BCUT2D eigenvalue weighted by molar-refractivity contribution is 5.80. The van der Waals surface area contributed by atoms with Gasteiger partial charge in [0.2, 0.25) is 5.91 Å². The van der Waals surface area contributed by atoms with E-state index in [1.165, 1.54) is 18.2 Å². The van der Waals surface area contributed by atoms with Gasteiger partial charge in [0.25, 0.3) is 0 Å². The minimum atomic E-state index is -3.04. The van der Waals surface area contributed by atoms with Gasteiger partial charge >= 0.3 is 6.61 Å². The largest absolute Gasteiger partial charge is 0.434 e. The van der Waals surface area contributed by atoms with E-state index < -0.39 is 12.4 Å². The van der Waals surface area contributed by atoms with E-state index in [4.69, 9.17) is 0 Å². The first kappa shape index (κ1) is 22.8. The van der Waals surface area contributed by atoms with Crippen LogP contribution in [0.25, 0.3) is 0 Å². The van der Waals surface area contributed by atoms with Crippen LogP contribution in [0.1, 0.15) is 25.3 Å². The molecule has 7 nitrogen and oxygen atoms in total. The van der Waals surface area contributed by atoms with Crippen molar-refractivity contribution in [3.05, 3.63) is 29.6 Å². The van der Waals surface area contributed by atoms with E-state index in [1.54, 1.807) is 7.05 Å². The molecule has 0 bridgehead atoms. The fraction of sp³-hybridized carbons (Fsp3) is 0.579.